The molecule has 0 bridgehead atoms. The number of rotatable bonds is 5. The molecule has 0 radical (unpaired) electrons. The van der Waals surface area contributed by atoms with Crippen LogP contribution < -0.4 is 0 Å². The van der Waals surface area contributed by atoms with E-state index in [4.69, 9.17) is 5.11 Å². The van der Waals surface area contributed by atoms with E-state index >= 15 is 0 Å². The second-order valence-corrected chi connectivity index (χ2v) is 7.35. The zero-order valence-electron chi connectivity index (χ0n) is 13.2. The number of hydrogen-bond acceptors (Lipinski definition) is 7. The predicted molar refractivity (Wildman–Crippen MR) is 83.6 cm³/mol. The third kappa shape index (κ3) is 3.77. The van der Waals surface area contributed by atoms with E-state index in [2.05, 4.69) is 4.74 Å². The summed E-state index contributed by atoms with van der Waals surface area (Å²) < 4.78 is 31.2. The fraction of sp³-hybridized carbons (Fsp3) is 0.429. The zero-order valence-corrected chi connectivity index (χ0v) is 14.1. The Kier molecular flexibility index (Phi) is 5.38. The normalized spacial score (nSPS) is 16.4. The van der Waals surface area contributed by atoms with Crippen molar-refractivity contribution in [1.29, 1.82) is 0 Å². The van der Waals surface area contributed by atoms with Crippen LogP contribution in [-0.4, -0.2) is 54.9 Å². The number of esters is 1. The second kappa shape index (κ2) is 7.15. The number of carbonyl (C=O) groups is 2. The largest absolute Gasteiger partial charge is 0.481 e. The van der Waals surface area contributed by atoms with Gasteiger partial charge in [-0.1, -0.05) is 0 Å². The van der Waals surface area contributed by atoms with Crippen LogP contribution in [0.25, 0.3) is 0 Å². The fourth-order valence-electron chi connectivity index (χ4n) is 2.61. The van der Waals surface area contributed by atoms with Gasteiger partial charge in [0.05, 0.1) is 28.4 Å². The van der Waals surface area contributed by atoms with Crippen LogP contribution >= 0.6 is 0 Å². The summed E-state index contributed by atoms with van der Waals surface area (Å²) in [6, 6.07) is 2.83. The lowest BCUT2D eigenvalue weighted by Gasteiger charge is -2.29. The van der Waals surface area contributed by atoms with E-state index in [9.17, 15) is 28.1 Å². The number of hydrogen-bond donors (Lipinski definition) is 1. The number of aliphatic carboxylic acids is 1. The monoisotopic (exact) mass is 372 g/mol. The standard InChI is InChI=1S/C14H16N2O8S/c1-24-14(19)11-8-10(16(20)21)2-3-12(11)25(22,23)15-6-4-9(5-7-15)13(17)18/h2-3,8-9H,4-7H2,1H3,(H,17,18). The van der Waals surface area contributed by atoms with Gasteiger partial charge < -0.3 is 9.84 Å². The van der Waals surface area contributed by atoms with Gasteiger partial charge in [-0.25, -0.2) is 13.2 Å². The van der Waals surface area contributed by atoms with E-state index in [-0.39, 0.29) is 25.9 Å². The minimum absolute atomic E-state index is 0.0170. The van der Waals surface area contributed by atoms with Crippen LogP contribution in [0.15, 0.2) is 23.1 Å². The number of nitro benzene ring substituents is 1. The van der Waals surface area contributed by atoms with Gasteiger partial charge in [-0.2, -0.15) is 4.31 Å². The third-order valence-corrected chi connectivity index (χ3v) is 5.96. The number of carbonyl (C=O) groups excluding carboxylic acids is 1. The fourth-order valence-corrected chi connectivity index (χ4v) is 4.24. The van der Waals surface area contributed by atoms with E-state index < -0.39 is 48.9 Å². The molecule has 0 amide bonds. The lowest BCUT2D eigenvalue weighted by Crippen LogP contribution is -2.40. The molecule has 2 rings (SSSR count). The topological polar surface area (TPSA) is 144 Å². The van der Waals surface area contributed by atoms with E-state index in [0.717, 1.165) is 29.6 Å². The van der Waals surface area contributed by atoms with Crippen LogP contribution in [-0.2, 0) is 19.6 Å². The maximum absolute atomic E-state index is 12.8. The summed E-state index contributed by atoms with van der Waals surface area (Å²) >= 11 is 0. The molecule has 0 aliphatic carbocycles. The van der Waals surface area contributed by atoms with Crippen molar-refractivity contribution in [2.45, 2.75) is 17.7 Å². The molecule has 1 fully saturated rings. The van der Waals surface area contributed by atoms with Gasteiger partial charge in [0, 0.05) is 25.2 Å². The Morgan fingerprint density at radius 1 is 1.32 bits per heavy atom. The van der Waals surface area contributed by atoms with E-state index in [1.54, 1.807) is 0 Å². The first kappa shape index (κ1) is 18.8. The van der Waals surface area contributed by atoms with Gasteiger partial charge in [0.25, 0.3) is 5.69 Å². The van der Waals surface area contributed by atoms with Crippen LogP contribution in [0, 0.1) is 16.0 Å². The molecule has 1 N–H and O–H groups in total. The van der Waals surface area contributed by atoms with Crippen molar-refractivity contribution in [3.63, 3.8) is 0 Å². The summed E-state index contributed by atoms with van der Waals surface area (Å²) in [6.07, 6.45) is 0.296. The molecule has 25 heavy (non-hydrogen) atoms. The van der Waals surface area contributed by atoms with E-state index in [0.29, 0.717) is 0 Å². The highest BCUT2D eigenvalue weighted by Crippen LogP contribution is 2.28. The molecular formula is C14H16N2O8S. The lowest BCUT2D eigenvalue weighted by molar-refractivity contribution is -0.384. The quantitative estimate of drug-likeness (QED) is 0.455. The number of sulfonamides is 1. The number of benzene rings is 1. The van der Waals surface area contributed by atoms with Crippen LogP contribution in [0.1, 0.15) is 23.2 Å². The first-order valence-corrected chi connectivity index (χ1v) is 8.72. The third-order valence-electron chi connectivity index (χ3n) is 4.00. The molecule has 0 atom stereocenters. The summed E-state index contributed by atoms with van der Waals surface area (Å²) in [5.74, 6) is -2.62. The van der Waals surface area contributed by atoms with Crippen LogP contribution in [0.2, 0.25) is 0 Å². The van der Waals surface area contributed by atoms with Crippen LogP contribution in [0.3, 0.4) is 0 Å². The van der Waals surface area contributed by atoms with Gasteiger partial charge in [0.1, 0.15) is 0 Å². The molecule has 1 aliphatic heterocycles. The number of ether oxygens (including phenoxy) is 1. The van der Waals surface area contributed by atoms with Crippen molar-refractivity contribution >= 4 is 27.6 Å². The maximum atomic E-state index is 12.8. The number of nitro groups is 1. The molecule has 0 aromatic heterocycles. The first-order valence-electron chi connectivity index (χ1n) is 7.28. The smallest absolute Gasteiger partial charge is 0.339 e. The van der Waals surface area contributed by atoms with Gasteiger partial charge in [0.15, 0.2) is 0 Å². The lowest BCUT2D eigenvalue weighted by atomic mass is 9.99. The highest BCUT2D eigenvalue weighted by atomic mass is 32.2. The highest BCUT2D eigenvalue weighted by molar-refractivity contribution is 7.89. The van der Waals surface area contributed by atoms with Crippen molar-refractivity contribution in [3.8, 4) is 0 Å². The van der Waals surface area contributed by atoms with Crippen LogP contribution in [0.5, 0.6) is 0 Å². The maximum Gasteiger partial charge on any atom is 0.339 e. The molecule has 1 heterocycles. The first-order chi connectivity index (χ1) is 11.7. The van der Waals surface area contributed by atoms with Gasteiger partial charge >= 0.3 is 11.9 Å². The van der Waals surface area contributed by atoms with Crippen molar-refractivity contribution in [2.75, 3.05) is 20.2 Å². The predicted octanol–water partition coefficient (Wildman–Crippen LogP) is 0.867. The Labute approximate surface area is 143 Å². The molecule has 0 unspecified atom stereocenters. The average molecular weight is 372 g/mol. The Balaban J connectivity index is 2.40. The molecule has 0 spiro atoms. The van der Waals surface area contributed by atoms with Gasteiger partial charge in [-0.05, 0) is 18.9 Å². The molecule has 1 aromatic rings. The molecule has 136 valence electrons. The summed E-state index contributed by atoms with van der Waals surface area (Å²) in [5, 5.41) is 19.8. The number of piperidine rings is 1. The Morgan fingerprint density at radius 3 is 2.40 bits per heavy atom. The molecule has 1 aliphatic rings. The van der Waals surface area contributed by atoms with Crippen molar-refractivity contribution in [2.24, 2.45) is 5.92 Å². The Bertz CT molecular complexity index is 812. The number of methoxy groups -OCH3 is 1. The molecule has 10 nitrogen and oxygen atoms in total. The number of non-ortho nitro benzene ring substituents is 1. The van der Waals surface area contributed by atoms with Crippen molar-refractivity contribution < 1.29 is 32.8 Å². The number of nitrogens with zero attached hydrogens (tertiary/aromatic N) is 2. The van der Waals surface area contributed by atoms with Crippen LogP contribution in [0.4, 0.5) is 5.69 Å². The summed E-state index contributed by atoms with van der Waals surface area (Å²) in [4.78, 5) is 32.6. The molecular weight excluding hydrogens is 356 g/mol. The summed E-state index contributed by atoms with van der Waals surface area (Å²) in [6.45, 7) is -0.0339. The Hall–Kier alpha value is -2.53. The highest BCUT2D eigenvalue weighted by Gasteiger charge is 2.35. The van der Waals surface area contributed by atoms with Gasteiger partial charge in [0.2, 0.25) is 10.0 Å². The summed E-state index contributed by atoms with van der Waals surface area (Å²) in [5.41, 5.74) is -0.874. The molecule has 0 saturated carbocycles. The number of carboxylic acid groups (broad SMARTS) is 1. The zero-order chi connectivity index (χ0) is 18.8. The van der Waals surface area contributed by atoms with E-state index in [1.807, 2.05) is 0 Å². The van der Waals surface area contributed by atoms with E-state index in [1.165, 1.54) is 0 Å². The van der Waals surface area contributed by atoms with Gasteiger partial charge in [-0.3, -0.25) is 14.9 Å². The molecule has 1 aromatic carbocycles. The minimum Gasteiger partial charge on any atom is -0.481 e. The molecule has 11 heteroatoms. The van der Waals surface area contributed by atoms with Gasteiger partial charge in [-0.15, -0.1) is 0 Å². The summed E-state index contributed by atoms with van der Waals surface area (Å²) in [7, 11) is -3.08. The SMILES string of the molecule is COC(=O)c1cc([N+](=O)[O-])ccc1S(=O)(=O)N1CCC(C(=O)O)CC1. The average Bonchev–Trinajstić information content (AvgIpc) is 2.60. The Morgan fingerprint density at radius 2 is 1.92 bits per heavy atom. The minimum atomic E-state index is -4.12. The number of carboxylic acids is 1. The van der Waals surface area contributed by atoms with Crippen molar-refractivity contribution in [3.05, 3.63) is 33.9 Å². The second-order valence-electron chi connectivity index (χ2n) is 5.45. The molecule has 1 saturated heterocycles. The van der Waals surface area contributed by atoms with Crippen molar-refractivity contribution in [1.82, 2.24) is 4.31 Å².